The molecule has 6 N–H and O–H groups in total. The van der Waals surface area contributed by atoms with Crippen molar-refractivity contribution in [2.24, 2.45) is 11.1 Å². The van der Waals surface area contributed by atoms with Crippen molar-refractivity contribution >= 4 is 64.3 Å². The molecule has 2 aromatic carbocycles. The third kappa shape index (κ3) is 9.91. The summed E-state index contributed by atoms with van der Waals surface area (Å²) in [6.07, 6.45) is 0.0121. The van der Waals surface area contributed by atoms with Gasteiger partial charge in [-0.05, 0) is 63.1 Å². The Labute approximate surface area is 229 Å². The van der Waals surface area contributed by atoms with E-state index in [1.54, 1.807) is 39.0 Å². The lowest BCUT2D eigenvalue weighted by Crippen LogP contribution is -2.33. The monoisotopic (exact) mass is 565 g/mol. The normalized spacial score (nSPS) is 10.8. The molecule has 2 amide bonds. The smallest absolute Gasteiger partial charge is 0.314 e. The van der Waals surface area contributed by atoms with E-state index in [-0.39, 0.29) is 41.6 Å². The highest BCUT2D eigenvalue weighted by Gasteiger charge is 2.23. The number of ether oxygens (including phenoxy) is 2. The molecule has 2 rings (SSSR count). The minimum absolute atomic E-state index is 0.103. The van der Waals surface area contributed by atoms with Crippen LogP contribution in [0, 0.1) is 10.8 Å². The Bertz CT molecular complexity index is 1230. The molecule has 0 radical (unpaired) electrons. The summed E-state index contributed by atoms with van der Waals surface area (Å²) < 4.78 is 9.85. The fourth-order valence-electron chi connectivity index (χ4n) is 2.98. The number of guanidine groups is 1. The molecule has 0 spiro atoms. The van der Waals surface area contributed by atoms with Crippen LogP contribution in [0.25, 0.3) is 0 Å². The number of hydrogen-bond acceptors (Lipinski definition) is 7. The number of esters is 2. The molecular formula is C25H29Cl2N5O6. The standard InChI is InChI=1S/C25H29Cl2N5O6/c1-25(2,3)23(36)38-13-37-20(34)8-7-14-9-16(26)11-18(27)21(14)32-19(33)12-30-22(35)15-5-4-6-17(10-15)31-24(28)29/h4-6,9-11H,7-8,12-13H2,1-3H3,(H,30,35)(H,32,33)(H4,28,29,31). The minimum atomic E-state index is -0.729. The summed E-state index contributed by atoms with van der Waals surface area (Å²) in [7, 11) is 0. The molecular weight excluding hydrogens is 537 g/mol. The molecule has 11 nitrogen and oxygen atoms in total. The quantitative estimate of drug-likeness (QED) is 0.125. The number of carbonyl (C=O) groups is 4. The minimum Gasteiger partial charge on any atom is -0.428 e. The van der Waals surface area contributed by atoms with Gasteiger partial charge in [-0.1, -0.05) is 29.3 Å². The van der Waals surface area contributed by atoms with Crippen LogP contribution in [-0.4, -0.2) is 43.1 Å². The van der Waals surface area contributed by atoms with Crippen molar-refractivity contribution < 1.29 is 28.7 Å². The highest BCUT2D eigenvalue weighted by Crippen LogP contribution is 2.31. The van der Waals surface area contributed by atoms with Gasteiger partial charge in [-0.2, -0.15) is 0 Å². The van der Waals surface area contributed by atoms with E-state index in [4.69, 9.17) is 43.8 Å². The average Bonchev–Trinajstić information content (AvgIpc) is 2.82. The van der Waals surface area contributed by atoms with Crippen LogP contribution in [0.1, 0.15) is 43.1 Å². The first kappa shape index (κ1) is 30.4. The topological polar surface area (TPSA) is 173 Å². The van der Waals surface area contributed by atoms with Gasteiger partial charge in [-0.25, -0.2) is 0 Å². The predicted molar refractivity (Wildman–Crippen MR) is 144 cm³/mol. The highest BCUT2D eigenvalue weighted by molar-refractivity contribution is 6.37. The van der Waals surface area contributed by atoms with Crippen LogP contribution < -0.4 is 21.7 Å². The van der Waals surface area contributed by atoms with Gasteiger partial charge in [0.1, 0.15) is 0 Å². The zero-order valence-corrected chi connectivity index (χ0v) is 22.6. The first-order valence-corrected chi connectivity index (χ1v) is 12.1. The van der Waals surface area contributed by atoms with Gasteiger partial charge in [-0.15, -0.1) is 0 Å². The van der Waals surface area contributed by atoms with Gasteiger partial charge >= 0.3 is 11.9 Å². The van der Waals surface area contributed by atoms with E-state index in [0.29, 0.717) is 16.3 Å². The number of aryl methyl sites for hydroxylation is 1. The average molecular weight is 566 g/mol. The lowest BCUT2D eigenvalue weighted by atomic mass is 9.98. The van der Waals surface area contributed by atoms with Crippen molar-refractivity contribution in [2.45, 2.75) is 33.6 Å². The van der Waals surface area contributed by atoms with Crippen LogP contribution >= 0.6 is 23.2 Å². The molecule has 2 aromatic rings. The van der Waals surface area contributed by atoms with Gasteiger partial charge in [0.05, 0.1) is 22.7 Å². The van der Waals surface area contributed by atoms with E-state index >= 15 is 0 Å². The maximum absolute atomic E-state index is 12.6. The summed E-state index contributed by atoms with van der Waals surface area (Å²) in [5.41, 5.74) is 5.96. The summed E-state index contributed by atoms with van der Waals surface area (Å²) in [4.78, 5) is 48.9. The lowest BCUT2D eigenvalue weighted by Gasteiger charge is -2.16. The number of rotatable bonds is 10. The number of anilines is 2. The maximum Gasteiger partial charge on any atom is 0.314 e. The largest absolute Gasteiger partial charge is 0.428 e. The van der Waals surface area contributed by atoms with Crippen molar-refractivity contribution in [1.29, 1.82) is 5.41 Å². The predicted octanol–water partition coefficient (Wildman–Crippen LogP) is 3.69. The molecule has 0 saturated carbocycles. The number of hydrogen-bond donors (Lipinski definition) is 5. The van der Waals surface area contributed by atoms with Gasteiger partial charge in [0.25, 0.3) is 5.91 Å². The number of amides is 2. The van der Waals surface area contributed by atoms with Crippen LogP contribution in [-0.2, 0) is 30.3 Å². The molecule has 13 heteroatoms. The Morgan fingerprint density at radius 2 is 1.74 bits per heavy atom. The molecule has 0 unspecified atom stereocenters. The van der Waals surface area contributed by atoms with Gasteiger partial charge in [0, 0.05) is 22.7 Å². The maximum atomic E-state index is 12.6. The Hall–Kier alpha value is -3.83. The second-order valence-electron chi connectivity index (χ2n) is 9.09. The zero-order valence-electron chi connectivity index (χ0n) is 21.1. The number of nitrogens with two attached hydrogens (primary N) is 1. The lowest BCUT2D eigenvalue weighted by molar-refractivity contribution is -0.173. The highest BCUT2D eigenvalue weighted by atomic mass is 35.5. The molecule has 0 heterocycles. The van der Waals surface area contributed by atoms with E-state index in [0.717, 1.165) is 0 Å². The molecule has 0 atom stereocenters. The van der Waals surface area contributed by atoms with Crippen LogP contribution in [0.2, 0.25) is 10.0 Å². The summed E-state index contributed by atoms with van der Waals surface area (Å²) in [5, 5.41) is 15.4. The van der Waals surface area contributed by atoms with E-state index in [1.807, 2.05) is 0 Å². The van der Waals surface area contributed by atoms with E-state index in [1.165, 1.54) is 18.2 Å². The van der Waals surface area contributed by atoms with Crippen molar-refractivity contribution in [3.8, 4) is 0 Å². The molecule has 0 aromatic heterocycles. The number of nitrogens with one attached hydrogen (secondary N) is 4. The third-order valence-corrected chi connectivity index (χ3v) is 5.35. The van der Waals surface area contributed by atoms with Gasteiger partial charge in [0.15, 0.2) is 5.96 Å². The Balaban J connectivity index is 1.96. The Morgan fingerprint density at radius 1 is 1.03 bits per heavy atom. The van der Waals surface area contributed by atoms with Crippen molar-refractivity contribution in [3.05, 3.63) is 57.6 Å². The SMILES string of the molecule is CC(C)(C)C(=O)OCOC(=O)CCc1cc(Cl)cc(Cl)c1NC(=O)CNC(=O)c1cccc(NC(=N)N)c1. The Morgan fingerprint density at radius 3 is 2.39 bits per heavy atom. The first-order valence-electron chi connectivity index (χ1n) is 11.4. The number of halogens is 2. The summed E-state index contributed by atoms with van der Waals surface area (Å²) in [6, 6.07) is 9.21. The van der Waals surface area contributed by atoms with Crippen molar-refractivity contribution in [3.63, 3.8) is 0 Å². The zero-order chi connectivity index (χ0) is 28.5. The molecule has 0 aliphatic rings. The summed E-state index contributed by atoms with van der Waals surface area (Å²) in [5.74, 6) is -2.52. The molecule has 0 aliphatic carbocycles. The van der Waals surface area contributed by atoms with E-state index < -0.39 is 36.0 Å². The summed E-state index contributed by atoms with van der Waals surface area (Å²) >= 11 is 12.4. The molecule has 38 heavy (non-hydrogen) atoms. The number of carbonyl (C=O) groups excluding carboxylic acids is 4. The van der Waals surface area contributed by atoms with E-state index in [9.17, 15) is 19.2 Å². The van der Waals surface area contributed by atoms with Gasteiger partial charge < -0.3 is 31.2 Å². The van der Waals surface area contributed by atoms with Crippen LogP contribution in [0.3, 0.4) is 0 Å². The molecule has 0 aliphatic heterocycles. The van der Waals surface area contributed by atoms with Crippen LogP contribution in [0.5, 0.6) is 0 Å². The molecule has 204 valence electrons. The molecule has 0 fully saturated rings. The van der Waals surface area contributed by atoms with Crippen LogP contribution in [0.4, 0.5) is 11.4 Å². The fraction of sp³-hybridized carbons (Fsp3) is 0.320. The molecule has 0 bridgehead atoms. The van der Waals surface area contributed by atoms with Gasteiger partial charge in [0.2, 0.25) is 12.7 Å². The number of benzene rings is 2. The fourth-order valence-corrected chi connectivity index (χ4v) is 3.56. The van der Waals surface area contributed by atoms with Crippen LogP contribution in [0.15, 0.2) is 36.4 Å². The first-order chi connectivity index (χ1) is 17.8. The second kappa shape index (κ2) is 13.6. The van der Waals surface area contributed by atoms with Crippen molar-refractivity contribution in [2.75, 3.05) is 24.0 Å². The molecule has 0 saturated heterocycles. The third-order valence-electron chi connectivity index (χ3n) is 4.84. The summed E-state index contributed by atoms with van der Waals surface area (Å²) in [6.45, 7) is 4.14. The Kier molecular flexibility index (Phi) is 10.9. The van der Waals surface area contributed by atoms with Gasteiger partial charge in [-0.3, -0.25) is 24.6 Å². The second-order valence-corrected chi connectivity index (χ2v) is 9.93. The van der Waals surface area contributed by atoms with E-state index in [2.05, 4.69) is 16.0 Å². The van der Waals surface area contributed by atoms with Crippen molar-refractivity contribution in [1.82, 2.24) is 5.32 Å².